The van der Waals surface area contributed by atoms with Crippen molar-refractivity contribution in [2.24, 2.45) is 0 Å². The maximum atomic E-state index is 12.1. The lowest BCUT2D eigenvalue weighted by molar-refractivity contribution is 0.0945. The summed E-state index contributed by atoms with van der Waals surface area (Å²) in [5.74, 6) is 1.83. The Morgan fingerprint density at radius 3 is 2.95 bits per heavy atom. The van der Waals surface area contributed by atoms with E-state index in [1.165, 1.54) is 0 Å². The zero-order valence-corrected chi connectivity index (χ0v) is 11.7. The number of aromatic amines is 2. The predicted molar refractivity (Wildman–Crippen MR) is 77.1 cm³/mol. The number of nitrogens with one attached hydrogen (secondary N) is 3. The minimum Gasteiger partial charge on any atom is -0.497 e. The maximum Gasteiger partial charge on any atom is 0.268 e. The predicted octanol–water partition coefficient (Wildman–Crippen LogP) is 1.53. The first-order valence-corrected chi connectivity index (χ1v) is 6.48. The Labute approximate surface area is 120 Å². The normalized spacial score (nSPS) is 10.8. The van der Waals surface area contributed by atoms with Gasteiger partial charge in [-0.2, -0.15) is 5.10 Å². The smallest absolute Gasteiger partial charge is 0.268 e. The number of benzene rings is 1. The third-order valence-electron chi connectivity index (χ3n) is 3.12. The quantitative estimate of drug-likeness (QED) is 0.677. The van der Waals surface area contributed by atoms with Gasteiger partial charge in [-0.25, -0.2) is 4.98 Å². The molecule has 7 nitrogen and oxygen atoms in total. The Morgan fingerprint density at radius 2 is 2.24 bits per heavy atom. The van der Waals surface area contributed by atoms with E-state index >= 15 is 0 Å². The van der Waals surface area contributed by atoms with Crippen LogP contribution in [-0.4, -0.2) is 33.2 Å². The SMILES string of the molecule is COc1ccc2[nH]c(C(=O)NCc3n[nH]c(C)n3)cc2c1. The van der Waals surface area contributed by atoms with Gasteiger partial charge in [-0.05, 0) is 31.2 Å². The highest BCUT2D eigenvalue weighted by Crippen LogP contribution is 2.21. The van der Waals surface area contributed by atoms with Gasteiger partial charge in [-0.3, -0.25) is 9.89 Å². The molecule has 0 saturated heterocycles. The van der Waals surface area contributed by atoms with Crippen LogP contribution in [0.15, 0.2) is 24.3 Å². The van der Waals surface area contributed by atoms with Crippen molar-refractivity contribution in [1.82, 2.24) is 25.5 Å². The molecule has 1 amide bonds. The molecule has 0 saturated carbocycles. The fourth-order valence-electron chi connectivity index (χ4n) is 2.08. The van der Waals surface area contributed by atoms with Gasteiger partial charge in [-0.1, -0.05) is 0 Å². The molecule has 3 rings (SSSR count). The molecule has 21 heavy (non-hydrogen) atoms. The second-order valence-electron chi connectivity index (χ2n) is 4.66. The van der Waals surface area contributed by atoms with E-state index in [1.54, 1.807) is 13.2 Å². The number of aryl methyl sites for hydroxylation is 1. The number of rotatable bonds is 4. The van der Waals surface area contributed by atoms with E-state index in [0.717, 1.165) is 22.5 Å². The number of hydrogen-bond acceptors (Lipinski definition) is 4. The van der Waals surface area contributed by atoms with Crippen LogP contribution < -0.4 is 10.1 Å². The number of ether oxygens (including phenoxy) is 1. The number of carbonyl (C=O) groups is 1. The molecule has 3 aromatic rings. The lowest BCUT2D eigenvalue weighted by atomic mass is 10.2. The molecule has 1 aromatic carbocycles. The minimum absolute atomic E-state index is 0.201. The number of nitrogens with zero attached hydrogens (tertiary/aromatic N) is 2. The Balaban J connectivity index is 1.75. The molecule has 0 unspecified atom stereocenters. The summed E-state index contributed by atoms with van der Waals surface area (Å²) in [7, 11) is 1.61. The summed E-state index contributed by atoms with van der Waals surface area (Å²) in [6, 6.07) is 7.39. The molecule has 2 heterocycles. The van der Waals surface area contributed by atoms with E-state index < -0.39 is 0 Å². The molecule has 0 bridgehead atoms. The van der Waals surface area contributed by atoms with E-state index in [9.17, 15) is 4.79 Å². The van der Waals surface area contributed by atoms with Crippen LogP contribution in [0.2, 0.25) is 0 Å². The topological polar surface area (TPSA) is 95.7 Å². The Kier molecular flexibility index (Phi) is 3.31. The molecule has 2 aromatic heterocycles. The molecule has 0 atom stereocenters. The summed E-state index contributed by atoms with van der Waals surface area (Å²) in [6.07, 6.45) is 0. The summed E-state index contributed by atoms with van der Waals surface area (Å²) in [5.41, 5.74) is 1.38. The second-order valence-corrected chi connectivity index (χ2v) is 4.66. The van der Waals surface area contributed by atoms with Crippen molar-refractivity contribution in [1.29, 1.82) is 0 Å². The fraction of sp³-hybridized carbons (Fsp3) is 0.214. The zero-order chi connectivity index (χ0) is 14.8. The molecule has 0 fully saturated rings. The van der Waals surface area contributed by atoms with Crippen LogP contribution in [0, 0.1) is 6.92 Å². The molecule has 7 heteroatoms. The van der Waals surface area contributed by atoms with Gasteiger partial charge in [0.15, 0.2) is 5.82 Å². The first-order chi connectivity index (χ1) is 10.2. The van der Waals surface area contributed by atoms with Crippen molar-refractivity contribution in [3.8, 4) is 5.75 Å². The van der Waals surface area contributed by atoms with Gasteiger partial charge in [0, 0.05) is 10.9 Å². The van der Waals surface area contributed by atoms with Crippen molar-refractivity contribution < 1.29 is 9.53 Å². The molecule has 0 spiro atoms. The van der Waals surface area contributed by atoms with Gasteiger partial charge < -0.3 is 15.0 Å². The van der Waals surface area contributed by atoms with E-state index in [2.05, 4.69) is 25.5 Å². The number of methoxy groups -OCH3 is 1. The molecule has 0 radical (unpaired) electrons. The van der Waals surface area contributed by atoms with Gasteiger partial charge in [0.1, 0.15) is 17.3 Å². The molecule has 0 aliphatic carbocycles. The van der Waals surface area contributed by atoms with E-state index in [4.69, 9.17) is 4.74 Å². The molecule has 3 N–H and O–H groups in total. The van der Waals surface area contributed by atoms with Crippen LogP contribution in [0.3, 0.4) is 0 Å². The van der Waals surface area contributed by atoms with E-state index in [-0.39, 0.29) is 12.5 Å². The van der Waals surface area contributed by atoms with Crippen molar-refractivity contribution in [3.05, 3.63) is 41.6 Å². The number of fused-ring (bicyclic) bond motifs is 1. The van der Waals surface area contributed by atoms with Gasteiger partial charge in [-0.15, -0.1) is 0 Å². The molecule has 108 valence electrons. The summed E-state index contributed by atoms with van der Waals surface area (Å²) in [4.78, 5) is 19.3. The van der Waals surface area contributed by atoms with Crippen molar-refractivity contribution >= 4 is 16.8 Å². The summed E-state index contributed by atoms with van der Waals surface area (Å²) >= 11 is 0. The van der Waals surface area contributed by atoms with Crippen molar-refractivity contribution in [2.45, 2.75) is 13.5 Å². The summed E-state index contributed by atoms with van der Waals surface area (Å²) < 4.78 is 5.17. The number of aromatic nitrogens is 4. The summed E-state index contributed by atoms with van der Waals surface area (Å²) in [5, 5.41) is 10.4. The number of H-pyrrole nitrogens is 2. The highest BCUT2D eigenvalue weighted by molar-refractivity contribution is 5.98. The second kappa shape index (κ2) is 5.28. The lowest BCUT2D eigenvalue weighted by Crippen LogP contribution is -2.23. The maximum absolute atomic E-state index is 12.1. The summed E-state index contributed by atoms with van der Waals surface area (Å²) in [6.45, 7) is 2.09. The number of hydrogen-bond donors (Lipinski definition) is 3. The van der Waals surface area contributed by atoms with Gasteiger partial charge in [0.25, 0.3) is 5.91 Å². The highest BCUT2D eigenvalue weighted by atomic mass is 16.5. The minimum atomic E-state index is -0.201. The van der Waals surface area contributed by atoms with Crippen LogP contribution in [0.5, 0.6) is 5.75 Å². The van der Waals surface area contributed by atoms with Crippen molar-refractivity contribution in [2.75, 3.05) is 7.11 Å². The Bertz CT molecular complexity index is 790. The largest absolute Gasteiger partial charge is 0.497 e. The number of carbonyl (C=O) groups excluding carboxylic acids is 1. The fourth-order valence-corrected chi connectivity index (χ4v) is 2.08. The first kappa shape index (κ1) is 13.2. The number of amides is 1. The third-order valence-corrected chi connectivity index (χ3v) is 3.12. The van der Waals surface area contributed by atoms with E-state index in [0.29, 0.717) is 11.5 Å². The van der Waals surface area contributed by atoms with Crippen LogP contribution in [-0.2, 0) is 6.54 Å². The first-order valence-electron chi connectivity index (χ1n) is 6.48. The Hall–Kier alpha value is -2.83. The van der Waals surface area contributed by atoms with Crippen LogP contribution in [0.25, 0.3) is 10.9 Å². The third kappa shape index (κ3) is 2.71. The van der Waals surface area contributed by atoms with Gasteiger partial charge in [0.05, 0.1) is 13.7 Å². The average molecular weight is 285 g/mol. The van der Waals surface area contributed by atoms with Crippen LogP contribution in [0.1, 0.15) is 22.1 Å². The molecular weight excluding hydrogens is 270 g/mol. The Morgan fingerprint density at radius 1 is 1.38 bits per heavy atom. The molecular formula is C14H15N5O2. The van der Waals surface area contributed by atoms with Gasteiger partial charge in [0.2, 0.25) is 0 Å². The lowest BCUT2D eigenvalue weighted by Gasteiger charge is -1.99. The van der Waals surface area contributed by atoms with Crippen LogP contribution >= 0.6 is 0 Å². The monoisotopic (exact) mass is 285 g/mol. The average Bonchev–Trinajstić information content (AvgIpc) is 3.09. The standard InChI is InChI=1S/C14H15N5O2/c1-8-16-13(19-18-8)7-15-14(20)12-6-9-5-10(21-2)3-4-11(9)17-12/h3-6,17H,7H2,1-2H3,(H,15,20)(H,16,18,19). The van der Waals surface area contributed by atoms with Gasteiger partial charge >= 0.3 is 0 Å². The van der Waals surface area contributed by atoms with E-state index in [1.807, 2.05) is 25.1 Å². The zero-order valence-electron chi connectivity index (χ0n) is 11.7. The highest BCUT2D eigenvalue weighted by Gasteiger charge is 2.10. The molecule has 0 aliphatic rings. The van der Waals surface area contributed by atoms with Crippen molar-refractivity contribution in [3.63, 3.8) is 0 Å². The molecule has 0 aliphatic heterocycles. The van der Waals surface area contributed by atoms with Crippen LogP contribution in [0.4, 0.5) is 0 Å².